The largest absolute Gasteiger partial charge is 0.443 e. The molecular weight excluding hydrogens is 310 g/mol. The molecule has 0 heterocycles. The van der Waals surface area contributed by atoms with Crippen LogP contribution in [0.25, 0.3) is 0 Å². The number of nitrogens with zero attached hydrogens (tertiary/aromatic N) is 1. The molecule has 3 nitrogen and oxygen atoms in total. The number of carbonyl (C=O) groups is 1. The molecule has 0 fully saturated rings. The van der Waals surface area contributed by atoms with Crippen LogP contribution in [-0.2, 0) is 9.53 Å². The third-order valence-corrected chi connectivity index (χ3v) is 4.93. The molecular formula is C22H43NO2. The lowest BCUT2D eigenvalue weighted by Crippen LogP contribution is -2.36. The summed E-state index contributed by atoms with van der Waals surface area (Å²) in [5.41, 5.74) is 0.745. The van der Waals surface area contributed by atoms with Crippen molar-refractivity contribution in [1.82, 2.24) is 4.90 Å². The monoisotopic (exact) mass is 353 g/mol. The molecule has 3 heteroatoms. The van der Waals surface area contributed by atoms with Crippen molar-refractivity contribution in [2.45, 2.75) is 111 Å². The van der Waals surface area contributed by atoms with Crippen LogP contribution in [0, 0.1) is 0 Å². The fraction of sp³-hybridized carbons (Fsp3) is 0.864. The average molecular weight is 354 g/mol. The van der Waals surface area contributed by atoms with Gasteiger partial charge in [0.25, 0.3) is 0 Å². The minimum Gasteiger partial charge on any atom is -0.443 e. The molecule has 0 N–H and O–H groups in total. The van der Waals surface area contributed by atoms with Crippen LogP contribution in [0.5, 0.6) is 0 Å². The Morgan fingerprint density at radius 1 is 0.880 bits per heavy atom. The standard InChI is InChI=1S/C22H43NO2/c1-6-9-10-11-12-13-14-15-16-17-18-19-20(4)22(24)25-21(5)23(7-2)8-3/h19,21H,6-18H2,1-5H3/b20-19+. The number of carbonyl (C=O) groups excluding carboxylic acids is 1. The van der Waals surface area contributed by atoms with Gasteiger partial charge in [-0.3, -0.25) is 4.90 Å². The number of esters is 1. The Kier molecular flexibility index (Phi) is 16.1. The Bertz CT molecular complexity index is 348. The first-order valence-electron chi connectivity index (χ1n) is 10.7. The van der Waals surface area contributed by atoms with Crippen molar-refractivity contribution in [1.29, 1.82) is 0 Å². The third-order valence-electron chi connectivity index (χ3n) is 4.93. The van der Waals surface area contributed by atoms with Gasteiger partial charge in [-0.25, -0.2) is 4.79 Å². The van der Waals surface area contributed by atoms with Crippen LogP contribution < -0.4 is 0 Å². The van der Waals surface area contributed by atoms with Crippen molar-refractivity contribution >= 4 is 5.97 Å². The fourth-order valence-electron chi connectivity index (χ4n) is 3.09. The van der Waals surface area contributed by atoms with E-state index in [2.05, 4.69) is 25.7 Å². The molecule has 0 radical (unpaired) electrons. The van der Waals surface area contributed by atoms with Crippen LogP contribution in [0.15, 0.2) is 11.6 Å². The van der Waals surface area contributed by atoms with Crippen LogP contribution in [0.2, 0.25) is 0 Å². The fourth-order valence-corrected chi connectivity index (χ4v) is 3.09. The average Bonchev–Trinajstić information content (AvgIpc) is 2.60. The van der Waals surface area contributed by atoms with Gasteiger partial charge in [0.05, 0.1) is 0 Å². The topological polar surface area (TPSA) is 29.5 Å². The van der Waals surface area contributed by atoms with Crippen LogP contribution in [0.4, 0.5) is 0 Å². The Morgan fingerprint density at radius 2 is 1.36 bits per heavy atom. The molecule has 0 aliphatic carbocycles. The second kappa shape index (κ2) is 16.6. The Hall–Kier alpha value is -0.830. The van der Waals surface area contributed by atoms with Crippen molar-refractivity contribution in [3.05, 3.63) is 11.6 Å². The van der Waals surface area contributed by atoms with E-state index in [-0.39, 0.29) is 12.2 Å². The van der Waals surface area contributed by atoms with E-state index >= 15 is 0 Å². The van der Waals surface area contributed by atoms with E-state index in [0.29, 0.717) is 0 Å². The van der Waals surface area contributed by atoms with Gasteiger partial charge in [0.2, 0.25) is 0 Å². The number of allylic oxidation sites excluding steroid dienone is 1. The molecule has 0 saturated carbocycles. The lowest BCUT2D eigenvalue weighted by atomic mass is 10.1. The summed E-state index contributed by atoms with van der Waals surface area (Å²) in [6, 6.07) is 0. The Balaban J connectivity index is 3.71. The predicted octanol–water partition coefficient (Wildman–Crippen LogP) is 6.47. The van der Waals surface area contributed by atoms with Gasteiger partial charge in [-0.05, 0) is 39.8 Å². The highest BCUT2D eigenvalue weighted by molar-refractivity contribution is 5.87. The first-order chi connectivity index (χ1) is 12.1. The van der Waals surface area contributed by atoms with E-state index in [1.165, 1.54) is 64.2 Å². The molecule has 0 bridgehead atoms. The summed E-state index contributed by atoms with van der Waals surface area (Å²) in [6.45, 7) is 12.0. The van der Waals surface area contributed by atoms with Gasteiger partial charge in [-0.2, -0.15) is 0 Å². The summed E-state index contributed by atoms with van der Waals surface area (Å²) >= 11 is 0. The van der Waals surface area contributed by atoms with Crippen LogP contribution in [0.3, 0.4) is 0 Å². The highest BCUT2D eigenvalue weighted by Crippen LogP contribution is 2.12. The zero-order chi connectivity index (χ0) is 18.9. The van der Waals surface area contributed by atoms with Crippen molar-refractivity contribution in [3.8, 4) is 0 Å². The van der Waals surface area contributed by atoms with Crippen LogP contribution in [-0.4, -0.2) is 30.2 Å². The molecule has 0 aromatic heterocycles. The number of ether oxygens (including phenoxy) is 1. The van der Waals surface area contributed by atoms with Gasteiger partial charge >= 0.3 is 5.97 Å². The van der Waals surface area contributed by atoms with Gasteiger partial charge in [0.15, 0.2) is 6.23 Å². The first kappa shape index (κ1) is 24.2. The highest BCUT2D eigenvalue weighted by atomic mass is 16.6. The summed E-state index contributed by atoms with van der Waals surface area (Å²) in [5, 5.41) is 0. The second-order valence-corrected chi connectivity index (χ2v) is 7.08. The van der Waals surface area contributed by atoms with Gasteiger partial charge in [0.1, 0.15) is 0 Å². The second-order valence-electron chi connectivity index (χ2n) is 7.08. The van der Waals surface area contributed by atoms with E-state index in [1.807, 2.05) is 19.9 Å². The molecule has 0 amide bonds. The molecule has 0 aromatic rings. The van der Waals surface area contributed by atoms with Crippen LogP contribution in [0.1, 0.15) is 105 Å². The molecule has 0 saturated heterocycles. The summed E-state index contributed by atoms with van der Waals surface area (Å²) in [5.74, 6) is -0.175. The van der Waals surface area contributed by atoms with E-state index in [4.69, 9.17) is 4.74 Å². The Labute approximate surface area is 157 Å². The zero-order valence-corrected chi connectivity index (χ0v) is 17.6. The molecule has 0 aliphatic heterocycles. The molecule has 0 aromatic carbocycles. The maximum atomic E-state index is 12.1. The summed E-state index contributed by atoms with van der Waals surface area (Å²) in [6.07, 6.45) is 16.3. The van der Waals surface area contributed by atoms with E-state index in [1.54, 1.807) is 0 Å². The number of unbranched alkanes of at least 4 members (excludes halogenated alkanes) is 10. The van der Waals surface area contributed by atoms with Gasteiger partial charge in [-0.15, -0.1) is 0 Å². The van der Waals surface area contributed by atoms with Crippen molar-refractivity contribution < 1.29 is 9.53 Å². The Morgan fingerprint density at radius 3 is 1.84 bits per heavy atom. The van der Waals surface area contributed by atoms with Crippen molar-refractivity contribution in [2.75, 3.05) is 13.1 Å². The quantitative estimate of drug-likeness (QED) is 0.138. The molecule has 0 spiro atoms. The minimum atomic E-state index is -0.175. The predicted molar refractivity (Wildman–Crippen MR) is 109 cm³/mol. The summed E-state index contributed by atoms with van der Waals surface area (Å²) in [4.78, 5) is 14.2. The molecule has 0 aliphatic rings. The zero-order valence-electron chi connectivity index (χ0n) is 17.6. The molecule has 25 heavy (non-hydrogen) atoms. The maximum Gasteiger partial charge on any atom is 0.334 e. The highest BCUT2D eigenvalue weighted by Gasteiger charge is 2.15. The molecule has 0 rings (SSSR count). The van der Waals surface area contributed by atoms with Gasteiger partial charge in [-0.1, -0.05) is 84.6 Å². The van der Waals surface area contributed by atoms with E-state index < -0.39 is 0 Å². The molecule has 148 valence electrons. The summed E-state index contributed by atoms with van der Waals surface area (Å²) < 4.78 is 5.53. The van der Waals surface area contributed by atoms with Gasteiger partial charge in [0, 0.05) is 5.57 Å². The lowest BCUT2D eigenvalue weighted by Gasteiger charge is -2.25. The maximum absolute atomic E-state index is 12.1. The summed E-state index contributed by atoms with van der Waals surface area (Å²) in [7, 11) is 0. The minimum absolute atomic E-state index is 0.150. The number of rotatable bonds is 16. The van der Waals surface area contributed by atoms with Crippen molar-refractivity contribution in [3.63, 3.8) is 0 Å². The number of hydrogen-bond acceptors (Lipinski definition) is 3. The molecule has 1 unspecified atom stereocenters. The SMILES string of the molecule is CCCCCCCCCCCC/C=C(\C)C(=O)OC(C)N(CC)CC. The molecule has 1 atom stereocenters. The number of hydrogen-bond donors (Lipinski definition) is 0. The normalized spacial score (nSPS) is 13.3. The van der Waals surface area contributed by atoms with Crippen molar-refractivity contribution in [2.24, 2.45) is 0 Å². The smallest absolute Gasteiger partial charge is 0.334 e. The van der Waals surface area contributed by atoms with Gasteiger partial charge < -0.3 is 4.74 Å². The first-order valence-corrected chi connectivity index (χ1v) is 10.7. The lowest BCUT2D eigenvalue weighted by molar-refractivity contribution is -0.152. The van der Waals surface area contributed by atoms with Crippen LogP contribution >= 0.6 is 0 Å². The third kappa shape index (κ3) is 13.1. The van der Waals surface area contributed by atoms with E-state index in [9.17, 15) is 4.79 Å². The van der Waals surface area contributed by atoms with E-state index in [0.717, 1.165) is 25.1 Å².